The predicted octanol–water partition coefficient (Wildman–Crippen LogP) is 4.40. The largest absolute Gasteiger partial charge is 0.453 e. The minimum Gasteiger partial charge on any atom is -0.453 e. The maximum atomic E-state index is 15.1. The fourth-order valence-electron chi connectivity index (χ4n) is 3.82. The second-order valence-corrected chi connectivity index (χ2v) is 9.76. The maximum absolute atomic E-state index is 15.1. The number of benzene rings is 2. The van der Waals surface area contributed by atoms with Crippen LogP contribution in [0.1, 0.15) is 31.1 Å². The van der Waals surface area contributed by atoms with E-state index in [0.29, 0.717) is 16.9 Å². The molecule has 3 heterocycles. The highest BCUT2D eigenvalue weighted by atomic mass is 19.1. The van der Waals surface area contributed by atoms with E-state index in [1.54, 1.807) is 26.8 Å². The minimum absolute atomic E-state index is 0.0777. The summed E-state index contributed by atoms with van der Waals surface area (Å²) in [7, 11) is 0. The van der Waals surface area contributed by atoms with E-state index in [-0.39, 0.29) is 34.5 Å². The summed E-state index contributed by atoms with van der Waals surface area (Å²) in [6.07, 6.45) is 2.73. The summed E-state index contributed by atoms with van der Waals surface area (Å²) in [6.45, 7) is 5.09. The Bertz CT molecular complexity index is 1800. The quantitative estimate of drug-likeness (QED) is 0.218. The van der Waals surface area contributed by atoms with Gasteiger partial charge in [-0.2, -0.15) is 14.9 Å². The first-order chi connectivity index (χ1) is 19.5. The number of hydrogen-bond donors (Lipinski definition) is 4. The van der Waals surface area contributed by atoms with Gasteiger partial charge in [0.05, 0.1) is 17.3 Å². The van der Waals surface area contributed by atoms with E-state index in [2.05, 4.69) is 30.9 Å². The van der Waals surface area contributed by atoms with Crippen molar-refractivity contribution < 1.29 is 23.4 Å². The van der Waals surface area contributed by atoms with Crippen molar-refractivity contribution in [1.29, 1.82) is 0 Å². The molecule has 1 atom stereocenters. The van der Waals surface area contributed by atoms with Gasteiger partial charge in [0.2, 0.25) is 0 Å². The lowest BCUT2D eigenvalue weighted by Gasteiger charge is -2.26. The van der Waals surface area contributed by atoms with E-state index in [9.17, 15) is 19.1 Å². The van der Waals surface area contributed by atoms with Crippen molar-refractivity contribution in [2.45, 2.75) is 32.4 Å². The Hall–Kier alpha value is -5.17. The van der Waals surface area contributed by atoms with Gasteiger partial charge in [-0.15, -0.1) is 0 Å². The third kappa shape index (κ3) is 5.75. The Kier molecular flexibility index (Phi) is 7.20. The number of amides is 1. The number of ether oxygens (including phenoxy) is 1. The van der Waals surface area contributed by atoms with Crippen molar-refractivity contribution in [3.8, 4) is 17.2 Å². The Balaban J connectivity index is 1.36. The van der Waals surface area contributed by atoms with Crippen LogP contribution >= 0.6 is 0 Å². The van der Waals surface area contributed by atoms with Crippen LogP contribution in [0.5, 0.6) is 11.5 Å². The first kappa shape index (κ1) is 27.4. The summed E-state index contributed by atoms with van der Waals surface area (Å²) in [5.41, 5.74) is -1.29. The molecule has 0 fully saturated rings. The third-order valence-corrected chi connectivity index (χ3v) is 6.41. The highest BCUT2D eigenvalue weighted by Crippen LogP contribution is 2.35. The van der Waals surface area contributed by atoms with Gasteiger partial charge in [-0.25, -0.2) is 13.8 Å². The van der Waals surface area contributed by atoms with Crippen LogP contribution in [0.15, 0.2) is 71.8 Å². The van der Waals surface area contributed by atoms with Crippen molar-refractivity contribution in [3.05, 3.63) is 94.5 Å². The number of aromatic amines is 1. The van der Waals surface area contributed by atoms with Crippen LogP contribution < -0.4 is 20.9 Å². The van der Waals surface area contributed by atoms with E-state index in [0.717, 1.165) is 10.7 Å². The molecule has 210 valence electrons. The van der Waals surface area contributed by atoms with Gasteiger partial charge in [0.25, 0.3) is 11.5 Å². The molecule has 0 bridgehead atoms. The SMILES string of the molecule is C[C@H](Nc1n[nH]c2nccc(Oc3ccc(NC(=O)c4ccnn(-c5ccc(F)cc5)c4=O)cc3F)c12)C(C)(C)O. The smallest absolute Gasteiger partial charge is 0.284 e. The van der Waals surface area contributed by atoms with E-state index in [1.165, 1.54) is 54.9 Å². The molecule has 1 amide bonds. The molecule has 0 saturated heterocycles. The number of hydrogen-bond acceptors (Lipinski definition) is 8. The number of nitrogens with zero attached hydrogens (tertiary/aromatic N) is 4. The fraction of sp³-hybridized carbons (Fsp3) is 0.179. The van der Waals surface area contributed by atoms with Crippen LogP contribution in [0.3, 0.4) is 0 Å². The number of H-pyrrole nitrogens is 1. The van der Waals surface area contributed by atoms with Crippen LogP contribution in [0.2, 0.25) is 0 Å². The average Bonchev–Trinajstić information content (AvgIpc) is 3.34. The number of halogens is 2. The lowest BCUT2D eigenvalue weighted by atomic mass is 10.0. The molecule has 11 nitrogen and oxygen atoms in total. The van der Waals surface area contributed by atoms with Gasteiger partial charge in [0.1, 0.15) is 22.5 Å². The normalized spacial score (nSPS) is 12.2. The molecule has 2 aromatic carbocycles. The second-order valence-electron chi connectivity index (χ2n) is 9.76. The molecule has 0 aliphatic carbocycles. The molecule has 41 heavy (non-hydrogen) atoms. The molecule has 5 aromatic rings. The molecular formula is C28H25F2N7O4. The van der Waals surface area contributed by atoms with Gasteiger partial charge in [0, 0.05) is 30.2 Å². The molecule has 0 saturated carbocycles. The molecule has 0 spiro atoms. The van der Waals surface area contributed by atoms with E-state index in [4.69, 9.17) is 4.74 Å². The zero-order chi connectivity index (χ0) is 29.3. The van der Waals surface area contributed by atoms with E-state index < -0.39 is 28.7 Å². The van der Waals surface area contributed by atoms with Crippen molar-refractivity contribution in [2.75, 3.05) is 10.6 Å². The van der Waals surface area contributed by atoms with Crippen molar-refractivity contribution in [3.63, 3.8) is 0 Å². The Morgan fingerprint density at radius 3 is 2.54 bits per heavy atom. The summed E-state index contributed by atoms with van der Waals surface area (Å²) in [6, 6.07) is 11.2. The number of aliphatic hydroxyl groups is 1. The lowest BCUT2D eigenvalue weighted by Crippen LogP contribution is -2.39. The van der Waals surface area contributed by atoms with Gasteiger partial charge in [-0.05, 0) is 63.2 Å². The topological polar surface area (TPSA) is 147 Å². The summed E-state index contributed by atoms with van der Waals surface area (Å²) in [4.78, 5) is 29.9. The van der Waals surface area contributed by atoms with E-state index >= 15 is 4.39 Å². The highest BCUT2D eigenvalue weighted by Gasteiger charge is 2.25. The molecule has 4 N–H and O–H groups in total. The van der Waals surface area contributed by atoms with Crippen LogP contribution in [0.4, 0.5) is 20.3 Å². The summed E-state index contributed by atoms with van der Waals surface area (Å²) < 4.78 is 35.2. The predicted molar refractivity (Wildman–Crippen MR) is 147 cm³/mol. The van der Waals surface area contributed by atoms with Crippen molar-refractivity contribution in [1.82, 2.24) is 25.0 Å². The molecule has 5 rings (SSSR count). The Labute approximate surface area is 231 Å². The standard InChI is InChI=1S/C28H25F2N7O4/c1-15(28(2,3)40)33-25-23-22(11-12-31-24(23)35-36-25)41-21-9-6-17(14-20(21)30)34-26(38)19-10-13-32-37(27(19)39)18-7-4-16(29)5-8-18/h4-15,40H,1-3H3,(H,34,38)(H2,31,33,35,36)/t15-/m0/s1. The number of rotatable bonds is 8. The minimum atomic E-state index is -1.05. The van der Waals surface area contributed by atoms with Gasteiger partial charge < -0.3 is 20.5 Å². The zero-order valence-electron chi connectivity index (χ0n) is 22.1. The van der Waals surface area contributed by atoms with Gasteiger partial charge in [0.15, 0.2) is 23.0 Å². The van der Waals surface area contributed by atoms with Gasteiger partial charge in [-0.1, -0.05) is 0 Å². The first-order valence-electron chi connectivity index (χ1n) is 12.5. The lowest BCUT2D eigenvalue weighted by molar-refractivity contribution is 0.0648. The number of anilines is 2. The van der Waals surface area contributed by atoms with Crippen LogP contribution in [-0.2, 0) is 0 Å². The number of aromatic nitrogens is 5. The Morgan fingerprint density at radius 1 is 1.07 bits per heavy atom. The van der Waals surface area contributed by atoms with Gasteiger partial charge >= 0.3 is 0 Å². The molecule has 13 heteroatoms. The van der Waals surface area contributed by atoms with Crippen LogP contribution in [0, 0.1) is 11.6 Å². The van der Waals surface area contributed by atoms with Crippen LogP contribution in [-0.4, -0.2) is 47.6 Å². The Morgan fingerprint density at radius 2 is 1.83 bits per heavy atom. The average molecular weight is 562 g/mol. The molecule has 3 aromatic heterocycles. The highest BCUT2D eigenvalue weighted by molar-refractivity contribution is 6.04. The number of carbonyl (C=O) groups is 1. The number of pyridine rings is 1. The molecule has 0 radical (unpaired) electrons. The van der Waals surface area contributed by atoms with E-state index in [1.807, 2.05) is 0 Å². The maximum Gasteiger partial charge on any atom is 0.284 e. The summed E-state index contributed by atoms with van der Waals surface area (Å²) in [5.74, 6) is -1.57. The zero-order valence-corrected chi connectivity index (χ0v) is 22.1. The molecular weight excluding hydrogens is 536 g/mol. The number of nitrogens with one attached hydrogen (secondary N) is 3. The fourth-order valence-corrected chi connectivity index (χ4v) is 3.82. The van der Waals surface area contributed by atoms with Crippen LogP contribution in [0.25, 0.3) is 16.7 Å². The molecule has 0 unspecified atom stereocenters. The molecule has 0 aliphatic rings. The number of fused-ring (bicyclic) bond motifs is 1. The van der Waals surface area contributed by atoms with Crippen molar-refractivity contribution in [2.24, 2.45) is 0 Å². The third-order valence-electron chi connectivity index (χ3n) is 6.41. The monoisotopic (exact) mass is 561 g/mol. The summed E-state index contributed by atoms with van der Waals surface area (Å²) >= 11 is 0. The second kappa shape index (κ2) is 10.8. The summed E-state index contributed by atoms with van der Waals surface area (Å²) in [5, 5.41) is 27.3. The molecule has 0 aliphatic heterocycles. The van der Waals surface area contributed by atoms with Gasteiger partial charge in [-0.3, -0.25) is 14.7 Å². The number of carbonyl (C=O) groups excluding carboxylic acids is 1. The first-order valence-corrected chi connectivity index (χ1v) is 12.5. The van der Waals surface area contributed by atoms with Crippen molar-refractivity contribution >= 4 is 28.4 Å².